The van der Waals surface area contributed by atoms with E-state index in [0.717, 1.165) is 5.39 Å². The summed E-state index contributed by atoms with van der Waals surface area (Å²) in [5, 5.41) is 7.91. The number of rotatable bonds is 1. The van der Waals surface area contributed by atoms with Crippen molar-refractivity contribution < 1.29 is 38.2 Å². The number of hydrazine groups is 1. The van der Waals surface area contributed by atoms with Crippen LogP contribution in [0.1, 0.15) is 78.6 Å². The highest BCUT2D eigenvalue weighted by atomic mass is 16.6. The van der Waals surface area contributed by atoms with Crippen molar-refractivity contribution in [2.75, 3.05) is 26.2 Å². The third-order valence-corrected chi connectivity index (χ3v) is 8.82. The second kappa shape index (κ2) is 14.7. The maximum absolute atomic E-state index is 14.2. The number of esters is 1. The lowest BCUT2D eigenvalue weighted by molar-refractivity contribution is -0.183. The highest BCUT2D eigenvalue weighted by molar-refractivity contribution is 5.93. The lowest BCUT2D eigenvalue weighted by Crippen LogP contribution is -2.61. The van der Waals surface area contributed by atoms with Crippen molar-refractivity contribution in [3.63, 3.8) is 0 Å². The number of cyclic esters (lactones) is 1. The van der Waals surface area contributed by atoms with E-state index < -0.39 is 65.2 Å². The first kappa shape index (κ1) is 36.7. The number of benzene rings is 1. The van der Waals surface area contributed by atoms with Crippen LogP contribution in [0.5, 0.6) is 0 Å². The van der Waals surface area contributed by atoms with Gasteiger partial charge in [0.15, 0.2) is 6.10 Å². The lowest BCUT2D eigenvalue weighted by Gasteiger charge is -2.40. The zero-order valence-electron chi connectivity index (χ0n) is 29.8. The minimum Gasteiger partial charge on any atom is -0.450 e. The number of morpholine rings is 1. The summed E-state index contributed by atoms with van der Waals surface area (Å²) in [4.78, 5) is 74.0. The van der Waals surface area contributed by atoms with Crippen LogP contribution in [0.15, 0.2) is 36.4 Å². The van der Waals surface area contributed by atoms with Gasteiger partial charge < -0.3 is 29.7 Å². The Kier molecular flexibility index (Phi) is 10.8. The summed E-state index contributed by atoms with van der Waals surface area (Å²) in [5.41, 5.74) is 2.44. The molecule has 3 aliphatic heterocycles. The number of pyridine rings is 1. The third-order valence-electron chi connectivity index (χ3n) is 8.82. The highest BCUT2D eigenvalue weighted by Gasteiger charge is 2.47. The van der Waals surface area contributed by atoms with Crippen LogP contribution in [0.2, 0.25) is 0 Å². The van der Waals surface area contributed by atoms with Crippen molar-refractivity contribution in [3.8, 4) is 0 Å². The van der Waals surface area contributed by atoms with Crippen molar-refractivity contribution in [1.29, 1.82) is 0 Å². The minimum atomic E-state index is -1.79. The molecule has 2 saturated heterocycles. The van der Waals surface area contributed by atoms with Gasteiger partial charge in [0.1, 0.15) is 17.7 Å². The van der Waals surface area contributed by atoms with Gasteiger partial charge in [0.25, 0.3) is 11.8 Å². The number of hydrogen-bond acceptors (Lipinski definition) is 10. The Morgan fingerprint density at radius 1 is 1.02 bits per heavy atom. The van der Waals surface area contributed by atoms with Crippen LogP contribution < -0.4 is 16.1 Å². The Bertz CT molecular complexity index is 1670. The molecule has 0 aliphatic carbocycles. The highest BCUT2D eigenvalue weighted by Crippen LogP contribution is 2.28. The molecule has 2 aromatic rings. The Morgan fingerprint density at radius 2 is 1.74 bits per heavy atom. The van der Waals surface area contributed by atoms with E-state index >= 15 is 0 Å². The number of nitrogens with one attached hydrogen (secondary N) is 3. The average Bonchev–Trinajstić information content (AvgIpc) is 3.07. The molecule has 0 saturated carbocycles. The van der Waals surface area contributed by atoms with Crippen molar-refractivity contribution in [2.45, 2.75) is 96.7 Å². The van der Waals surface area contributed by atoms with Crippen LogP contribution in [0.4, 0.5) is 4.79 Å². The second-order valence-electron chi connectivity index (χ2n) is 14.5. The van der Waals surface area contributed by atoms with Gasteiger partial charge in [0.05, 0.1) is 30.4 Å². The quantitative estimate of drug-likeness (QED) is 0.378. The first-order valence-electron chi connectivity index (χ1n) is 17.2. The Labute approximate surface area is 292 Å². The summed E-state index contributed by atoms with van der Waals surface area (Å²) in [6.07, 6.45) is 2.40. The summed E-state index contributed by atoms with van der Waals surface area (Å²) in [7, 11) is 0. The van der Waals surface area contributed by atoms with Crippen molar-refractivity contribution >= 4 is 46.8 Å². The van der Waals surface area contributed by atoms with Gasteiger partial charge in [-0.3, -0.25) is 24.4 Å². The van der Waals surface area contributed by atoms with Crippen LogP contribution in [-0.4, -0.2) is 100 Å². The molecule has 1 aromatic heterocycles. The number of ether oxygens (including phenoxy) is 3. The van der Waals surface area contributed by atoms with E-state index in [-0.39, 0.29) is 25.6 Å². The molecule has 0 radical (unpaired) electrons. The molecule has 2 fully saturated rings. The maximum Gasteiger partial charge on any atom is 0.410 e. The predicted octanol–water partition coefficient (Wildman–Crippen LogP) is 3.01. The summed E-state index contributed by atoms with van der Waals surface area (Å²) < 4.78 is 17.6. The van der Waals surface area contributed by atoms with Crippen LogP contribution >= 0.6 is 0 Å². The largest absolute Gasteiger partial charge is 0.450 e. The number of carbonyl (C=O) groups is 5. The molecule has 5 atom stereocenters. The third kappa shape index (κ3) is 8.41. The first-order valence-corrected chi connectivity index (χ1v) is 17.2. The van der Waals surface area contributed by atoms with E-state index in [0.29, 0.717) is 36.2 Å². The number of hydrogen-bond donors (Lipinski definition) is 3. The number of carbonyl (C=O) groups excluding carboxylic acids is 5. The average molecular weight is 693 g/mol. The van der Waals surface area contributed by atoms with Crippen LogP contribution in [-0.2, 0) is 33.4 Å². The molecule has 270 valence electrons. The van der Waals surface area contributed by atoms with E-state index in [2.05, 4.69) is 16.1 Å². The molecular formula is C36H48N6O8. The standard InChI is InChI=1S/C36H48N6O8/c1-21(2)29-31(44)38-23(4)32(45)42-16-8-9-27(40-42)30(43)37-22(3)26-13-12-25-11-10-24(19-28(25)39-26)14-15-36(33(46)49-29)20-41(17-18-48-36)34(47)50-35(5,6)7/h10-15,19,21-23,27,29,40H,8-9,16-18,20H2,1-7H3,(H,37,43)(H,38,44). The molecule has 3 N–H and O–H groups in total. The number of fused-ring (bicyclic) bond motifs is 4. The van der Waals surface area contributed by atoms with Gasteiger partial charge in [-0.25, -0.2) is 15.0 Å². The van der Waals surface area contributed by atoms with E-state index in [1.54, 1.807) is 40.7 Å². The maximum atomic E-state index is 14.2. The lowest BCUT2D eigenvalue weighted by atomic mass is 9.98. The summed E-state index contributed by atoms with van der Waals surface area (Å²) in [6.45, 7) is 12.4. The fourth-order valence-electron chi connectivity index (χ4n) is 6.07. The van der Waals surface area contributed by atoms with Crippen molar-refractivity contribution in [1.82, 2.24) is 31.0 Å². The topological polar surface area (TPSA) is 168 Å². The summed E-state index contributed by atoms with van der Waals surface area (Å²) in [5.74, 6) is -2.76. The monoisotopic (exact) mass is 692 g/mol. The molecular weight excluding hydrogens is 644 g/mol. The van der Waals surface area contributed by atoms with E-state index in [1.165, 1.54) is 22.9 Å². The molecule has 14 nitrogen and oxygen atoms in total. The molecule has 3 aliphatic rings. The van der Waals surface area contributed by atoms with E-state index in [4.69, 9.17) is 19.2 Å². The number of aromatic nitrogens is 1. The Morgan fingerprint density at radius 3 is 2.46 bits per heavy atom. The SMILES string of the molecule is CC1NC(=O)C(C(C)C)OC(=O)C2(C=Cc3ccc4ccc(nc4c3)C(C)NC(=O)C3CCCN(N3)C1=O)CN(C(=O)OC(C)(C)C)CCO2. The molecule has 1 spiro atoms. The second-order valence-corrected chi connectivity index (χ2v) is 14.5. The fraction of sp³-hybridized carbons (Fsp3) is 0.556. The number of nitrogens with zero attached hydrogens (tertiary/aromatic N) is 3. The van der Waals surface area contributed by atoms with Crippen molar-refractivity contribution in [3.05, 3.63) is 47.7 Å². The van der Waals surface area contributed by atoms with E-state index in [1.807, 2.05) is 37.3 Å². The zero-order valence-corrected chi connectivity index (χ0v) is 29.8. The molecule has 5 bridgehead atoms. The molecule has 1 aromatic carbocycles. The predicted molar refractivity (Wildman–Crippen MR) is 184 cm³/mol. The van der Waals surface area contributed by atoms with Gasteiger partial charge in [0, 0.05) is 18.5 Å². The van der Waals surface area contributed by atoms with Gasteiger partial charge in [-0.05, 0) is 77.2 Å². The van der Waals surface area contributed by atoms with Gasteiger partial charge in [-0.2, -0.15) is 0 Å². The van der Waals surface area contributed by atoms with Gasteiger partial charge >= 0.3 is 12.1 Å². The smallest absolute Gasteiger partial charge is 0.410 e. The minimum absolute atomic E-state index is 0.00116. The van der Waals surface area contributed by atoms with Gasteiger partial charge in [-0.15, -0.1) is 0 Å². The molecule has 14 heteroatoms. The Balaban J connectivity index is 1.55. The van der Waals surface area contributed by atoms with Gasteiger partial charge in [-0.1, -0.05) is 38.1 Å². The Hall–Kier alpha value is -4.56. The zero-order chi connectivity index (χ0) is 36.4. The molecule has 5 unspecified atom stereocenters. The summed E-state index contributed by atoms with van der Waals surface area (Å²) >= 11 is 0. The summed E-state index contributed by atoms with van der Waals surface area (Å²) in [6, 6.07) is 7.26. The van der Waals surface area contributed by atoms with Gasteiger partial charge in [0.2, 0.25) is 11.5 Å². The molecule has 4 heterocycles. The molecule has 4 amide bonds. The normalized spacial score (nSPS) is 27.3. The molecule has 50 heavy (non-hydrogen) atoms. The fourth-order valence-corrected chi connectivity index (χ4v) is 6.07. The van der Waals surface area contributed by atoms with E-state index in [9.17, 15) is 24.0 Å². The molecule has 5 rings (SSSR count). The van der Waals surface area contributed by atoms with Crippen LogP contribution in [0.3, 0.4) is 0 Å². The number of amides is 4. The van der Waals surface area contributed by atoms with Crippen LogP contribution in [0.25, 0.3) is 17.0 Å². The van der Waals surface area contributed by atoms with Crippen LogP contribution in [0, 0.1) is 5.92 Å². The first-order chi connectivity index (χ1) is 23.5. The van der Waals surface area contributed by atoms with Crippen molar-refractivity contribution in [2.24, 2.45) is 5.92 Å².